The quantitative estimate of drug-likeness (QED) is 0.104. The zero-order valence-electron chi connectivity index (χ0n) is 25.5. The maximum atomic E-state index is 12.9. The zero-order valence-corrected chi connectivity index (χ0v) is 25.5. The Balaban J connectivity index is 1.28. The minimum Gasteiger partial charge on any atom is -0.489 e. The fourth-order valence-electron chi connectivity index (χ4n) is 5.98. The Morgan fingerprint density at radius 2 is 1.40 bits per heavy atom. The van der Waals surface area contributed by atoms with Crippen LogP contribution in [0.5, 0.6) is 5.75 Å². The summed E-state index contributed by atoms with van der Waals surface area (Å²) in [4.78, 5) is 13.7. The van der Waals surface area contributed by atoms with Crippen LogP contribution in [0.4, 0.5) is 4.39 Å². The fourth-order valence-corrected chi connectivity index (χ4v) is 5.98. The van der Waals surface area contributed by atoms with E-state index in [9.17, 15) is 9.18 Å². The Morgan fingerprint density at radius 3 is 2.02 bits per heavy atom. The average Bonchev–Trinajstić information content (AvgIpc) is 3.06. The van der Waals surface area contributed by atoms with Crippen molar-refractivity contribution >= 4 is 6.29 Å². The Kier molecular flexibility index (Phi) is 11.2. The number of alkyl halides is 1. The number of carbonyl (C=O) groups is 1. The summed E-state index contributed by atoms with van der Waals surface area (Å²) < 4.78 is 19.4. The van der Waals surface area contributed by atoms with E-state index in [0.717, 1.165) is 73.2 Å². The third kappa shape index (κ3) is 8.64. The molecule has 4 aromatic carbocycles. The fraction of sp³-hybridized carbons (Fsp3) is 0.359. The smallest absolute Gasteiger partial charge is 0.150 e. The summed E-state index contributed by atoms with van der Waals surface area (Å²) in [5.41, 5.74) is 10.2. The highest BCUT2D eigenvalue weighted by Crippen LogP contribution is 2.31. The third-order valence-electron chi connectivity index (χ3n) is 8.61. The van der Waals surface area contributed by atoms with Crippen LogP contribution in [0.3, 0.4) is 0 Å². The van der Waals surface area contributed by atoms with Gasteiger partial charge in [0.05, 0.1) is 0 Å². The van der Waals surface area contributed by atoms with Gasteiger partial charge < -0.3 is 4.74 Å². The molecule has 0 saturated carbocycles. The zero-order chi connectivity index (χ0) is 29.9. The number of unbranched alkanes of at least 4 members (excludes halogenated alkanes) is 2. The van der Waals surface area contributed by atoms with Crippen molar-refractivity contribution in [3.05, 3.63) is 124 Å². The summed E-state index contributed by atoms with van der Waals surface area (Å²) in [5.74, 6) is 1.01. The van der Waals surface area contributed by atoms with Crippen LogP contribution in [-0.4, -0.2) is 24.3 Å². The van der Waals surface area contributed by atoms with Crippen molar-refractivity contribution in [1.82, 2.24) is 4.90 Å². The third-order valence-corrected chi connectivity index (χ3v) is 8.61. The topological polar surface area (TPSA) is 29.5 Å². The minimum absolute atomic E-state index is 0.436. The van der Waals surface area contributed by atoms with E-state index in [0.29, 0.717) is 12.2 Å². The van der Waals surface area contributed by atoms with Gasteiger partial charge in [0.2, 0.25) is 0 Å². The van der Waals surface area contributed by atoms with E-state index in [-0.39, 0.29) is 0 Å². The molecule has 1 aliphatic rings. The van der Waals surface area contributed by atoms with Gasteiger partial charge in [0.1, 0.15) is 25.3 Å². The number of rotatable bonds is 15. The predicted octanol–water partition coefficient (Wildman–Crippen LogP) is 9.33. The van der Waals surface area contributed by atoms with Crippen molar-refractivity contribution in [1.29, 1.82) is 0 Å². The average molecular weight is 578 g/mol. The lowest BCUT2D eigenvalue weighted by Crippen LogP contribution is -2.27. The minimum atomic E-state index is -0.436. The SMILES string of the molecule is CCCCCN(CCc1cc2c(cc1OCc1ccc(-c3ccc(CF)cc3)cc1)CCCC2)Cc1ccc(C=O)cc1. The molecule has 43 heavy (non-hydrogen) atoms. The number of halogens is 1. The molecular weight excluding hydrogens is 533 g/mol. The summed E-state index contributed by atoms with van der Waals surface area (Å²) in [6, 6.07) is 28.8. The molecule has 4 aromatic rings. The Hall–Kier alpha value is -3.76. The monoisotopic (exact) mass is 577 g/mol. The number of nitrogens with zero attached hydrogens (tertiary/aromatic N) is 1. The molecule has 0 spiro atoms. The van der Waals surface area contributed by atoms with Crippen LogP contribution in [-0.2, 0) is 39.1 Å². The van der Waals surface area contributed by atoms with Crippen molar-refractivity contribution in [2.45, 2.75) is 78.1 Å². The Morgan fingerprint density at radius 1 is 0.767 bits per heavy atom. The number of benzene rings is 4. The maximum absolute atomic E-state index is 12.9. The molecule has 0 fully saturated rings. The Bertz CT molecular complexity index is 1440. The lowest BCUT2D eigenvalue weighted by atomic mass is 9.89. The molecule has 0 aromatic heterocycles. The predicted molar refractivity (Wildman–Crippen MR) is 174 cm³/mol. The van der Waals surface area contributed by atoms with Gasteiger partial charge in [-0.05, 0) is 95.6 Å². The molecule has 0 bridgehead atoms. The normalized spacial score (nSPS) is 12.7. The summed E-state index contributed by atoms with van der Waals surface area (Å²) in [6.07, 6.45) is 10.3. The molecule has 4 heteroatoms. The molecule has 0 amide bonds. The van der Waals surface area contributed by atoms with Gasteiger partial charge in [-0.15, -0.1) is 0 Å². The van der Waals surface area contributed by atoms with Crippen LogP contribution in [0.1, 0.15) is 82.8 Å². The number of fused-ring (bicyclic) bond motifs is 1. The summed E-state index contributed by atoms with van der Waals surface area (Å²) in [7, 11) is 0. The van der Waals surface area contributed by atoms with Gasteiger partial charge in [0.25, 0.3) is 0 Å². The van der Waals surface area contributed by atoms with Gasteiger partial charge in [0, 0.05) is 18.7 Å². The Labute approximate surface area is 256 Å². The molecule has 0 aliphatic heterocycles. The summed E-state index contributed by atoms with van der Waals surface area (Å²) in [6.45, 7) is 5.24. The van der Waals surface area contributed by atoms with Crippen LogP contribution in [0.2, 0.25) is 0 Å². The first-order valence-electron chi connectivity index (χ1n) is 15.9. The summed E-state index contributed by atoms with van der Waals surface area (Å²) >= 11 is 0. The molecule has 0 unspecified atom stereocenters. The standard InChI is InChI=1S/C39H44FNO2/c1-2-3-6-22-41(27-31-9-11-32(28-42)12-10-31)23-21-38-24-36-7-4-5-8-37(36)25-39(38)43-29-33-15-19-35(20-16-33)34-17-13-30(26-40)14-18-34/h9-20,24-25,28H,2-8,21-23,26-27,29H2,1H3. The molecule has 3 nitrogen and oxygen atoms in total. The van der Waals surface area contributed by atoms with Crippen LogP contribution >= 0.6 is 0 Å². The highest BCUT2D eigenvalue weighted by Gasteiger charge is 2.16. The lowest BCUT2D eigenvalue weighted by Gasteiger charge is -2.25. The highest BCUT2D eigenvalue weighted by atomic mass is 19.1. The molecule has 0 N–H and O–H groups in total. The van der Waals surface area contributed by atoms with Crippen LogP contribution < -0.4 is 4.74 Å². The molecule has 0 saturated heterocycles. The van der Waals surface area contributed by atoms with E-state index in [4.69, 9.17) is 4.74 Å². The lowest BCUT2D eigenvalue weighted by molar-refractivity contribution is 0.112. The molecule has 5 rings (SSSR count). The van der Waals surface area contributed by atoms with Crippen molar-refractivity contribution in [3.63, 3.8) is 0 Å². The molecule has 224 valence electrons. The molecule has 1 aliphatic carbocycles. The van der Waals surface area contributed by atoms with E-state index in [1.165, 1.54) is 54.4 Å². The van der Waals surface area contributed by atoms with Gasteiger partial charge >= 0.3 is 0 Å². The molecule has 0 heterocycles. The van der Waals surface area contributed by atoms with Gasteiger partial charge in [-0.2, -0.15) is 0 Å². The van der Waals surface area contributed by atoms with Crippen molar-refractivity contribution in [2.24, 2.45) is 0 Å². The first-order valence-corrected chi connectivity index (χ1v) is 15.9. The number of aryl methyl sites for hydroxylation is 2. The highest BCUT2D eigenvalue weighted by molar-refractivity contribution is 5.74. The molecular formula is C39H44FNO2. The van der Waals surface area contributed by atoms with Gasteiger partial charge in [0.15, 0.2) is 0 Å². The van der Waals surface area contributed by atoms with E-state index in [2.05, 4.69) is 60.4 Å². The second kappa shape index (κ2) is 15.6. The van der Waals surface area contributed by atoms with E-state index in [1.54, 1.807) is 0 Å². The first kappa shape index (κ1) is 30.7. The van der Waals surface area contributed by atoms with Crippen LogP contribution in [0, 0.1) is 0 Å². The second-order valence-electron chi connectivity index (χ2n) is 11.8. The van der Waals surface area contributed by atoms with E-state index >= 15 is 0 Å². The van der Waals surface area contributed by atoms with Gasteiger partial charge in [-0.25, -0.2) is 4.39 Å². The number of hydrogen-bond acceptors (Lipinski definition) is 3. The first-order chi connectivity index (χ1) is 21.1. The van der Waals surface area contributed by atoms with Crippen molar-refractivity contribution in [2.75, 3.05) is 13.1 Å². The maximum Gasteiger partial charge on any atom is 0.150 e. The number of carbonyl (C=O) groups excluding carboxylic acids is 1. The van der Waals surface area contributed by atoms with Crippen molar-refractivity contribution in [3.8, 4) is 16.9 Å². The van der Waals surface area contributed by atoms with Crippen LogP contribution in [0.15, 0.2) is 84.9 Å². The molecule has 0 radical (unpaired) electrons. The van der Waals surface area contributed by atoms with Crippen LogP contribution in [0.25, 0.3) is 11.1 Å². The molecule has 0 atom stereocenters. The number of ether oxygens (including phenoxy) is 1. The summed E-state index contributed by atoms with van der Waals surface area (Å²) in [5, 5.41) is 0. The number of hydrogen-bond donors (Lipinski definition) is 0. The van der Waals surface area contributed by atoms with E-state index in [1.807, 2.05) is 36.4 Å². The second-order valence-corrected chi connectivity index (χ2v) is 11.8. The number of aldehydes is 1. The largest absolute Gasteiger partial charge is 0.489 e. The van der Waals surface area contributed by atoms with Crippen molar-refractivity contribution < 1.29 is 13.9 Å². The van der Waals surface area contributed by atoms with E-state index < -0.39 is 6.67 Å². The van der Waals surface area contributed by atoms with Gasteiger partial charge in [-0.1, -0.05) is 98.6 Å². The van der Waals surface area contributed by atoms with Gasteiger partial charge in [-0.3, -0.25) is 9.69 Å².